The summed E-state index contributed by atoms with van der Waals surface area (Å²) in [5, 5.41) is 21.2. The molecule has 2 atom stereocenters. The highest BCUT2D eigenvalue weighted by Crippen LogP contribution is 2.23. The van der Waals surface area contributed by atoms with E-state index in [0.29, 0.717) is 4.47 Å². The summed E-state index contributed by atoms with van der Waals surface area (Å²) in [5.41, 5.74) is 0.0965. The average molecular weight is 330 g/mol. The molecular formula is C12H12BrNO5. The number of benzene rings is 1. The lowest BCUT2D eigenvalue weighted by molar-refractivity contribution is -0.142. The van der Waals surface area contributed by atoms with Crippen LogP contribution in [0.5, 0.6) is 5.75 Å². The van der Waals surface area contributed by atoms with E-state index in [0.717, 1.165) is 0 Å². The molecule has 1 aliphatic heterocycles. The Morgan fingerprint density at radius 3 is 2.74 bits per heavy atom. The Morgan fingerprint density at radius 2 is 2.11 bits per heavy atom. The summed E-state index contributed by atoms with van der Waals surface area (Å²) >= 11 is 3.17. The van der Waals surface area contributed by atoms with Crippen LogP contribution in [-0.4, -0.2) is 41.3 Å². The van der Waals surface area contributed by atoms with Crippen molar-refractivity contribution in [2.45, 2.75) is 6.04 Å². The molecule has 0 aliphatic carbocycles. The van der Waals surface area contributed by atoms with Crippen molar-refractivity contribution in [3.8, 4) is 5.75 Å². The van der Waals surface area contributed by atoms with Gasteiger partial charge in [-0.25, -0.2) is 0 Å². The minimum atomic E-state index is -1.01. The van der Waals surface area contributed by atoms with Gasteiger partial charge < -0.3 is 20.3 Å². The Kier molecular flexibility index (Phi) is 4.06. The summed E-state index contributed by atoms with van der Waals surface area (Å²) in [4.78, 5) is 22.9. The van der Waals surface area contributed by atoms with Gasteiger partial charge in [0.2, 0.25) is 0 Å². The van der Waals surface area contributed by atoms with Crippen molar-refractivity contribution < 1.29 is 24.5 Å². The number of nitrogens with one attached hydrogen (secondary N) is 1. The van der Waals surface area contributed by atoms with E-state index in [-0.39, 0.29) is 24.5 Å². The number of aromatic hydroxyl groups is 1. The number of ether oxygens (including phenoxy) is 1. The fourth-order valence-corrected chi connectivity index (χ4v) is 2.23. The maximum atomic E-state index is 12.0. The first kappa shape index (κ1) is 13.8. The quantitative estimate of drug-likeness (QED) is 0.768. The van der Waals surface area contributed by atoms with Crippen molar-refractivity contribution in [3.63, 3.8) is 0 Å². The SMILES string of the molecule is O=C(NC1COCC1C(=O)O)c1ccc(Br)cc1O. The van der Waals surface area contributed by atoms with Crippen molar-refractivity contribution in [3.05, 3.63) is 28.2 Å². The molecular weight excluding hydrogens is 318 g/mol. The van der Waals surface area contributed by atoms with Gasteiger partial charge >= 0.3 is 5.97 Å². The van der Waals surface area contributed by atoms with E-state index in [1.165, 1.54) is 12.1 Å². The van der Waals surface area contributed by atoms with Gasteiger partial charge in [-0.2, -0.15) is 0 Å². The zero-order chi connectivity index (χ0) is 14.0. The maximum Gasteiger partial charge on any atom is 0.311 e. The largest absolute Gasteiger partial charge is 0.507 e. The predicted octanol–water partition coefficient (Wildman–Crippen LogP) is 0.984. The maximum absolute atomic E-state index is 12.0. The van der Waals surface area contributed by atoms with Crippen LogP contribution in [0.1, 0.15) is 10.4 Å². The predicted molar refractivity (Wildman–Crippen MR) is 69.0 cm³/mol. The fraction of sp³-hybridized carbons (Fsp3) is 0.333. The molecule has 102 valence electrons. The normalized spacial score (nSPS) is 22.2. The van der Waals surface area contributed by atoms with Crippen molar-refractivity contribution >= 4 is 27.8 Å². The fourth-order valence-electron chi connectivity index (χ4n) is 1.88. The second-order valence-electron chi connectivity index (χ2n) is 4.22. The third-order valence-corrected chi connectivity index (χ3v) is 3.41. The van der Waals surface area contributed by atoms with Gasteiger partial charge in [0, 0.05) is 4.47 Å². The van der Waals surface area contributed by atoms with Crippen LogP contribution in [0, 0.1) is 5.92 Å². The number of halogens is 1. The Morgan fingerprint density at radius 1 is 1.37 bits per heavy atom. The number of carbonyl (C=O) groups is 2. The summed E-state index contributed by atoms with van der Waals surface area (Å²) in [5.74, 6) is -2.46. The van der Waals surface area contributed by atoms with Crippen LogP contribution in [0.15, 0.2) is 22.7 Å². The molecule has 1 fully saturated rings. The Hall–Kier alpha value is -1.60. The first-order valence-electron chi connectivity index (χ1n) is 5.59. The van der Waals surface area contributed by atoms with Gasteiger partial charge in [-0.3, -0.25) is 9.59 Å². The van der Waals surface area contributed by atoms with Gasteiger partial charge in [0.15, 0.2) is 0 Å². The molecule has 6 nitrogen and oxygen atoms in total. The Balaban J connectivity index is 2.10. The molecule has 2 unspecified atom stereocenters. The van der Waals surface area contributed by atoms with Crippen LogP contribution in [0.4, 0.5) is 0 Å². The van der Waals surface area contributed by atoms with Crippen LogP contribution < -0.4 is 5.32 Å². The third kappa shape index (κ3) is 3.05. The number of phenolic OH excluding ortho intramolecular Hbond substituents is 1. The molecule has 1 aromatic carbocycles. The highest BCUT2D eigenvalue weighted by molar-refractivity contribution is 9.10. The summed E-state index contributed by atoms with van der Waals surface area (Å²) in [6.45, 7) is 0.229. The highest BCUT2D eigenvalue weighted by atomic mass is 79.9. The second-order valence-corrected chi connectivity index (χ2v) is 5.14. The van der Waals surface area contributed by atoms with Crippen LogP contribution in [-0.2, 0) is 9.53 Å². The molecule has 0 aromatic heterocycles. The van der Waals surface area contributed by atoms with Crippen molar-refractivity contribution in [1.29, 1.82) is 0 Å². The number of carboxylic acid groups (broad SMARTS) is 1. The van der Waals surface area contributed by atoms with Crippen LogP contribution in [0.3, 0.4) is 0 Å². The minimum absolute atomic E-state index is 0.0760. The van der Waals surface area contributed by atoms with Gasteiger partial charge in [-0.1, -0.05) is 15.9 Å². The first-order valence-corrected chi connectivity index (χ1v) is 6.38. The van der Waals surface area contributed by atoms with Crippen LogP contribution in [0.2, 0.25) is 0 Å². The van der Waals surface area contributed by atoms with Crippen molar-refractivity contribution in [2.75, 3.05) is 13.2 Å². The van der Waals surface area contributed by atoms with E-state index in [9.17, 15) is 14.7 Å². The molecule has 0 spiro atoms. The lowest BCUT2D eigenvalue weighted by Crippen LogP contribution is -2.42. The third-order valence-electron chi connectivity index (χ3n) is 2.92. The van der Waals surface area contributed by atoms with Crippen LogP contribution in [0.25, 0.3) is 0 Å². The first-order chi connectivity index (χ1) is 8.99. The smallest absolute Gasteiger partial charge is 0.311 e. The van der Waals surface area contributed by atoms with Gasteiger partial charge in [-0.05, 0) is 18.2 Å². The molecule has 1 heterocycles. The number of rotatable bonds is 3. The standard InChI is InChI=1S/C12H12BrNO5/c13-6-1-2-7(10(15)3-6)11(16)14-9-5-19-4-8(9)12(17)18/h1-3,8-9,15H,4-5H2,(H,14,16)(H,17,18). The lowest BCUT2D eigenvalue weighted by atomic mass is 10.0. The van der Waals surface area contributed by atoms with E-state index in [1.54, 1.807) is 6.07 Å². The van der Waals surface area contributed by atoms with E-state index in [2.05, 4.69) is 21.2 Å². The van der Waals surface area contributed by atoms with Crippen molar-refractivity contribution in [2.24, 2.45) is 5.92 Å². The molecule has 7 heteroatoms. The molecule has 3 N–H and O–H groups in total. The van der Waals surface area contributed by atoms with E-state index < -0.39 is 23.8 Å². The molecule has 1 amide bonds. The molecule has 1 saturated heterocycles. The van der Waals surface area contributed by atoms with Crippen molar-refractivity contribution in [1.82, 2.24) is 5.32 Å². The summed E-state index contributed by atoms with van der Waals surface area (Å²) < 4.78 is 5.70. The van der Waals surface area contributed by atoms with E-state index in [4.69, 9.17) is 9.84 Å². The zero-order valence-electron chi connectivity index (χ0n) is 9.80. The van der Waals surface area contributed by atoms with Crippen LogP contribution >= 0.6 is 15.9 Å². The monoisotopic (exact) mass is 329 g/mol. The molecule has 0 saturated carbocycles. The summed E-state index contributed by atoms with van der Waals surface area (Å²) in [6, 6.07) is 3.89. The Bertz CT molecular complexity index is 519. The number of phenols is 1. The van der Waals surface area contributed by atoms with Gasteiger partial charge in [0.25, 0.3) is 5.91 Å². The van der Waals surface area contributed by atoms with Gasteiger partial charge in [-0.15, -0.1) is 0 Å². The number of hydrogen-bond donors (Lipinski definition) is 3. The highest BCUT2D eigenvalue weighted by Gasteiger charge is 2.35. The lowest BCUT2D eigenvalue weighted by Gasteiger charge is -2.16. The molecule has 0 bridgehead atoms. The average Bonchev–Trinajstić information content (AvgIpc) is 2.76. The number of carbonyl (C=O) groups excluding carboxylic acids is 1. The molecule has 0 radical (unpaired) electrons. The van der Waals surface area contributed by atoms with Gasteiger partial charge in [0.1, 0.15) is 11.7 Å². The Labute approximate surface area is 117 Å². The summed E-state index contributed by atoms with van der Waals surface area (Å²) in [6.07, 6.45) is 0. The number of carboxylic acids is 1. The second kappa shape index (κ2) is 5.58. The molecule has 19 heavy (non-hydrogen) atoms. The van der Waals surface area contributed by atoms with Gasteiger partial charge in [0.05, 0.1) is 24.8 Å². The topological polar surface area (TPSA) is 95.9 Å². The molecule has 1 aromatic rings. The summed E-state index contributed by atoms with van der Waals surface area (Å²) in [7, 11) is 0. The van der Waals surface area contributed by atoms with E-state index in [1.807, 2.05) is 0 Å². The number of amides is 1. The number of hydrogen-bond acceptors (Lipinski definition) is 4. The zero-order valence-corrected chi connectivity index (χ0v) is 11.4. The van der Waals surface area contributed by atoms with E-state index >= 15 is 0 Å². The number of aliphatic carboxylic acids is 1. The molecule has 2 rings (SSSR count). The minimum Gasteiger partial charge on any atom is -0.507 e. The molecule has 1 aliphatic rings.